The van der Waals surface area contributed by atoms with Crippen LogP contribution >= 0.6 is 23.2 Å². The van der Waals surface area contributed by atoms with Crippen LogP contribution in [-0.4, -0.2) is 9.55 Å². The Morgan fingerprint density at radius 3 is 2.56 bits per heavy atom. The SMILES string of the molecule is Clc1ccc2c(c1)nc(Cl)n2Cc1ccccc1. The average Bonchev–Trinajstić information content (AvgIpc) is 2.66. The molecule has 0 N–H and O–H groups in total. The van der Waals surface area contributed by atoms with E-state index in [1.807, 2.05) is 41.0 Å². The summed E-state index contributed by atoms with van der Waals surface area (Å²) in [6, 6.07) is 15.8. The maximum absolute atomic E-state index is 6.18. The highest BCUT2D eigenvalue weighted by Crippen LogP contribution is 2.24. The molecular weight excluding hydrogens is 267 g/mol. The minimum absolute atomic E-state index is 0.483. The number of benzene rings is 2. The van der Waals surface area contributed by atoms with Crippen molar-refractivity contribution in [2.24, 2.45) is 0 Å². The molecular formula is C14H10Cl2N2. The maximum Gasteiger partial charge on any atom is 0.204 e. The lowest BCUT2D eigenvalue weighted by Gasteiger charge is -2.05. The van der Waals surface area contributed by atoms with Gasteiger partial charge in [0.2, 0.25) is 5.28 Å². The number of rotatable bonds is 2. The number of aromatic nitrogens is 2. The summed E-state index contributed by atoms with van der Waals surface area (Å²) in [5.41, 5.74) is 3.00. The van der Waals surface area contributed by atoms with Crippen LogP contribution < -0.4 is 0 Å². The number of fused-ring (bicyclic) bond motifs is 1. The van der Waals surface area contributed by atoms with Crippen LogP contribution in [0.4, 0.5) is 0 Å². The van der Waals surface area contributed by atoms with Crippen molar-refractivity contribution in [1.82, 2.24) is 9.55 Å². The molecule has 4 heteroatoms. The highest BCUT2D eigenvalue weighted by molar-refractivity contribution is 6.31. The molecule has 1 heterocycles. The Morgan fingerprint density at radius 2 is 1.78 bits per heavy atom. The number of nitrogens with zero attached hydrogens (tertiary/aromatic N) is 2. The normalized spacial score (nSPS) is 11.0. The van der Waals surface area contributed by atoms with Crippen molar-refractivity contribution in [1.29, 1.82) is 0 Å². The number of hydrogen-bond acceptors (Lipinski definition) is 1. The van der Waals surface area contributed by atoms with Gasteiger partial charge in [-0.1, -0.05) is 41.9 Å². The van der Waals surface area contributed by atoms with Crippen LogP contribution in [0.2, 0.25) is 10.3 Å². The zero-order valence-electron chi connectivity index (χ0n) is 9.48. The summed E-state index contributed by atoms with van der Waals surface area (Å²) >= 11 is 12.1. The zero-order valence-corrected chi connectivity index (χ0v) is 11.0. The van der Waals surface area contributed by atoms with Gasteiger partial charge in [-0.2, -0.15) is 0 Å². The standard InChI is InChI=1S/C14H10Cl2N2/c15-11-6-7-13-12(8-11)17-14(16)18(13)9-10-4-2-1-3-5-10/h1-8H,9H2. The van der Waals surface area contributed by atoms with Gasteiger partial charge in [0.05, 0.1) is 17.6 Å². The number of hydrogen-bond donors (Lipinski definition) is 0. The first-order valence-corrected chi connectivity index (χ1v) is 6.35. The van der Waals surface area contributed by atoms with Gasteiger partial charge < -0.3 is 4.57 Å². The van der Waals surface area contributed by atoms with Gasteiger partial charge in [-0.05, 0) is 35.4 Å². The van der Waals surface area contributed by atoms with Gasteiger partial charge in [0.15, 0.2) is 0 Å². The van der Waals surface area contributed by atoms with E-state index in [1.165, 1.54) is 5.56 Å². The molecule has 0 bridgehead atoms. The molecule has 0 unspecified atom stereocenters. The fraction of sp³-hybridized carbons (Fsp3) is 0.0714. The minimum Gasteiger partial charge on any atom is -0.310 e. The fourth-order valence-electron chi connectivity index (χ4n) is 1.99. The van der Waals surface area contributed by atoms with E-state index in [1.54, 1.807) is 0 Å². The Hall–Kier alpha value is -1.51. The number of halogens is 2. The topological polar surface area (TPSA) is 17.8 Å². The molecule has 3 rings (SSSR count). The van der Waals surface area contributed by atoms with E-state index in [0.29, 0.717) is 16.9 Å². The van der Waals surface area contributed by atoms with Crippen molar-refractivity contribution in [3.8, 4) is 0 Å². The molecule has 0 fully saturated rings. The largest absolute Gasteiger partial charge is 0.310 e. The van der Waals surface area contributed by atoms with Crippen LogP contribution in [0.25, 0.3) is 11.0 Å². The lowest BCUT2D eigenvalue weighted by Crippen LogP contribution is -1.99. The number of imidazole rings is 1. The van der Waals surface area contributed by atoms with Gasteiger partial charge in [0.25, 0.3) is 0 Å². The summed E-state index contributed by atoms with van der Waals surface area (Å²) in [7, 11) is 0. The Kier molecular flexibility index (Phi) is 2.98. The molecule has 0 aliphatic rings. The Labute approximate surface area is 115 Å². The summed E-state index contributed by atoms with van der Waals surface area (Å²) in [5, 5.41) is 1.15. The molecule has 2 nitrogen and oxygen atoms in total. The second-order valence-electron chi connectivity index (χ2n) is 4.09. The van der Waals surface area contributed by atoms with Crippen LogP contribution in [0.15, 0.2) is 48.5 Å². The summed E-state index contributed by atoms with van der Waals surface area (Å²) in [6.07, 6.45) is 0. The molecule has 0 aliphatic carbocycles. The first kappa shape index (κ1) is 11.6. The molecule has 0 saturated heterocycles. The van der Waals surface area contributed by atoms with E-state index in [9.17, 15) is 0 Å². The van der Waals surface area contributed by atoms with Crippen molar-refractivity contribution in [3.63, 3.8) is 0 Å². The molecule has 0 saturated carbocycles. The predicted octanol–water partition coefficient (Wildman–Crippen LogP) is 4.39. The van der Waals surface area contributed by atoms with Crippen molar-refractivity contribution in [2.45, 2.75) is 6.54 Å². The van der Waals surface area contributed by atoms with Crippen LogP contribution in [0.3, 0.4) is 0 Å². The third kappa shape index (κ3) is 2.09. The van der Waals surface area contributed by atoms with Crippen molar-refractivity contribution in [2.75, 3.05) is 0 Å². The summed E-state index contributed by atoms with van der Waals surface area (Å²) in [5.74, 6) is 0. The van der Waals surface area contributed by atoms with Crippen LogP contribution in [0.1, 0.15) is 5.56 Å². The Bertz CT molecular complexity index is 690. The molecule has 90 valence electrons. The Balaban J connectivity index is 2.09. The zero-order chi connectivity index (χ0) is 12.5. The molecule has 1 aromatic heterocycles. The molecule has 0 radical (unpaired) electrons. The van der Waals surface area contributed by atoms with Crippen LogP contribution in [0.5, 0.6) is 0 Å². The van der Waals surface area contributed by atoms with E-state index in [0.717, 1.165) is 11.0 Å². The van der Waals surface area contributed by atoms with Gasteiger partial charge >= 0.3 is 0 Å². The van der Waals surface area contributed by atoms with E-state index in [-0.39, 0.29) is 0 Å². The third-order valence-electron chi connectivity index (χ3n) is 2.85. The molecule has 18 heavy (non-hydrogen) atoms. The quantitative estimate of drug-likeness (QED) is 0.679. The van der Waals surface area contributed by atoms with Crippen LogP contribution in [-0.2, 0) is 6.54 Å². The molecule has 0 spiro atoms. The second kappa shape index (κ2) is 4.63. The van der Waals surface area contributed by atoms with Crippen molar-refractivity contribution in [3.05, 3.63) is 64.4 Å². The van der Waals surface area contributed by atoms with Crippen molar-refractivity contribution < 1.29 is 0 Å². The summed E-state index contributed by atoms with van der Waals surface area (Å²) in [4.78, 5) is 4.31. The van der Waals surface area contributed by atoms with Gasteiger partial charge in [-0.15, -0.1) is 0 Å². The van der Waals surface area contributed by atoms with Gasteiger partial charge in [-0.25, -0.2) is 4.98 Å². The maximum atomic E-state index is 6.18. The third-order valence-corrected chi connectivity index (χ3v) is 3.37. The minimum atomic E-state index is 0.483. The fourth-order valence-corrected chi connectivity index (χ4v) is 2.40. The molecule has 0 amide bonds. The smallest absolute Gasteiger partial charge is 0.204 e. The lowest BCUT2D eigenvalue weighted by molar-refractivity contribution is 0.826. The molecule has 0 aliphatic heterocycles. The second-order valence-corrected chi connectivity index (χ2v) is 4.86. The van der Waals surface area contributed by atoms with E-state index in [4.69, 9.17) is 23.2 Å². The first-order valence-electron chi connectivity index (χ1n) is 5.59. The summed E-state index contributed by atoms with van der Waals surface area (Å²) in [6.45, 7) is 0.706. The summed E-state index contributed by atoms with van der Waals surface area (Å²) < 4.78 is 1.97. The van der Waals surface area contributed by atoms with E-state index in [2.05, 4.69) is 17.1 Å². The van der Waals surface area contributed by atoms with Gasteiger partial charge in [-0.3, -0.25) is 0 Å². The van der Waals surface area contributed by atoms with E-state index >= 15 is 0 Å². The average molecular weight is 277 g/mol. The van der Waals surface area contributed by atoms with Crippen LogP contribution in [0, 0.1) is 0 Å². The molecule has 3 aromatic rings. The van der Waals surface area contributed by atoms with Crippen molar-refractivity contribution >= 4 is 34.2 Å². The highest BCUT2D eigenvalue weighted by Gasteiger charge is 2.09. The first-order chi connectivity index (χ1) is 8.74. The highest BCUT2D eigenvalue weighted by atomic mass is 35.5. The van der Waals surface area contributed by atoms with Gasteiger partial charge in [0, 0.05) is 5.02 Å². The molecule has 2 aromatic carbocycles. The van der Waals surface area contributed by atoms with E-state index < -0.39 is 0 Å². The predicted molar refractivity (Wildman–Crippen MR) is 75.3 cm³/mol. The lowest BCUT2D eigenvalue weighted by atomic mass is 10.2. The van der Waals surface area contributed by atoms with Gasteiger partial charge in [0.1, 0.15) is 0 Å². The molecule has 0 atom stereocenters. The Morgan fingerprint density at radius 1 is 1.00 bits per heavy atom. The monoisotopic (exact) mass is 276 g/mol.